The van der Waals surface area contributed by atoms with E-state index in [9.17, 15) is 24.3 Å². The fraction of sp³-hybridized carbons (Fsp3) is 0.241. The Morgan fingerprint density at radius 3 is 2.03 bits per heavy atom. The van der Waals surface area contributed by atoms with Gasteiger partial charge in [0.25, 0.3) is 0 Å². The maximum absolute atomic E-state index is 13.0. The summed E-state index contributed by atoms with van der Waals surface area (Å²) in [7, 11) is 0. The summed E-state index contributed by atoms with van der Waals surface area (Å²) in [5.41, 5.74) is 1.71. The van der Waals surface area contributed by atoms with Gasteiger partial charge in [0.1, 0.15) is 24.0 Å². The maximum atomic E-state index is 13.0. The molecule has 3 aromatic carbocycles. The number of hydrogen-bond donors (Lipinski definition) is 2. The van der Waals surface area contributed by atoms with Crippen LogP contribution in [-0.2, 0) is 27.3 Å². The van der Waals surface area contributed by atoms with E-state index in [1.165, 1.54) is 12.1 Å². The van der Waals surface area contributed by atoms with E-state index in [-0.39, 0.29) is 35.9 Å². The number of ether oxygens (including phenoxy) is 2. The summed E-state index contributed by atoms with van der Waals surface area (Å²) < 4.78 is 10.8. The van der Waals surface area contributed by atoms with Crippen LogP contribution >= 0.6 is 0 Å². The third-order valence-electron chi connectivity index (χ3n) is 5.72. The highest BCUT2D eigenvalue weighted by molar-refractivity contribution is 6.28. The highest BCUT2D eigenvalue weighted by atomic mass is 16.6. The van der Waals surface area contributed by atoms with Gasteiger partial charge in [-0.05, 0) is 56.2 Å². The van der Waals surface area contributed by atoms with E-state index in [4.69, 9.17) is 9.47 Å². The van der Waals surface area contributed by atoms with Gasteiger partial charge in [-0.15, -0.1) is 0 Å². The van der Waals surface area contributed by atoms with Crippen molar-refractivity contribution < 1.29 is 33.8 Å². The first kappa shape index (κ1) is 25.6. The van der Waals surface area contributed by atoms with Crippen molar-refractivity contribution in [3.8, 4) is 5.75 Å². The third kappa shape index (κ3) is 6.03. The quantitative estimate of drug-likeness (QED) is 0.377. The lowest BCUT2D eigenvalue weighted by Gasteiger charge is -2.23. The SMILES string of the molecule is CC(C)(C)OC(=O)N[C@@H](Cc1ccc(O)cc1)C(=O)OCc1ccc2c(c1)C(=O)c1ccccc1C2=O. The number of phenols is 1. The number of aromatic hydroxyl groups is 1. The molecule has 8 heteroatoms. The number of rotatable bonds is 6. The molecule has 0 heterocycles. The van der Waals surface area contributed by atoms with Gasteiger partial charge < -0.3 is 19.9 Å². The average molecular weight is 502 g/mol. The van der Waals surface area contributed by atoms with Gasteiger partial charge in [0, 0.05) is 28.7 Å². The summed E-state index contributed by atoms with van der Waals surface area (Å²) in [5, 5.41) is 12.1. The molecule has 190 valence electrons. The molecule has 0 radical (unpaired) electrons. The fourth-order valence-corrected chi connectivity index (χ4v) is 4.00. The van der Waals surface area contributed by atoms with Crippen LogP contribution in [0.1, 0.15) is 63.7 Å². The molecule has 1 amide bonds. The number of benzene rings is 3. The molecule has 4 rings (SSSR count). The zero-order chi connectivity index (χ0) is 26.7. The molecule has 0 spiro atoms. The van der Waals surface area contributed by atoms with E-state index < -0.39 is 23.7 Å². The minimum absolute atomic E-state index is 0.0750. The van der Waals surface area contributed by atoms with Gasteiger partial charge in [-0.3, -0.25) is 9.59 Å². The maximum Gasteiger partial charge on any atom is 0.408 e. The van der Waals surface area contributed by atoms with Gasteiger partial charge in [-0.1, -0.05) is 42.5 Å². The Labute approximate surface area is 214 Å². The molecule has 2 N–H and O–H groups in total. The van der Waals surface area contributed by atoms with Crippen molar-refractivity contribution >= 4 is 23.6 Å². The largest absolute Gasteiger partial charge is 0.508 e. The van der Waals surface area contributed by atoms with Gasteiger partial charge in [0.15, 0.2) is 11.6 Å². The average Bonchev–Trinajstić information content (AvgIpc) is 2.85. The highest BCUT2D eigenvalue weighted by Crippen LogP contribution is 2.28. The van der Waals surface area contributed by atoms with Crippen LogP contribution in [0.15, 0.2) is 66.7 Å². The van der Waals surface area contributed by atoms with E-state index >= 15 is 0 Å². The number of carbonyl (C=O) groups is 4. The topological polar surface area (TPSA) is 119 Å². The number of alkyl carbamates (subject to hydrolysis) is 1. The third-order valence-corrected chi connectivity index (χ3v) is 5.72. The van der Waals surface area contributed by atoms with E-state index in [0.29, 0.717) is 27.8 Å². The lowest BCUT2D eigenvalue weighted by Crippen LogP contribution is -2.45. The Hall–Kier alpha value is -4.46. The first-order valence-corrected chi connectivity index (χ1v) is 11.8. The Kier molecular flexibility index (Phi) is 7.11. The number of nitrogens with one attached hydrogen (secondary N) is 1. The molecule has 0 fully saturated rings. The summed E-state index contributed by atoms with van der Waals surface area (Å²) >= 11 is 0. The second kappa shape index (κ2) is 10.3. The smallest absolute Gasteiger partial charge is 0.408 e. The molecule has 0 saturated carbocycles. The van der Waals surface area contributed by atoms with Gasteiger partial charge in [0.2, 0.25) is 0 Å². The Bertz CT molecular complexity index is 1370. The van der Waals surface area contributed by atoms with Crippen LogP contribution < -0.4 is 5.32 Å². The Morgan fingerprint density at radius 1 is 0.838 bits per heavy atom. The molecule has 0 aliphatic heterocycles. The predicted octanol–water partition coefficient (Wildman–Crippen LogP) is 4.35. The Balaban J connectivity index is 1.49. The van der Waals surface area contributed by atoms with E-state index in [2.05, 4.69) is 5.32 Å². The number of fused-ring (bicyclic) bond motifs is 2. The molecular formula is C29H27NO7. The Morgan fingerprint density at radius 2 is 1.41 bits per heavy atom. The number of amides is 1. The number of carbonyl (C=O) groups excluding carboxylic acids is 4. The summed E-state index contributed by atoms with van der Waals surface area (Å²) in [6.45, 7) is 4.96. The van der Waals surface area contributed by atoms with Gasteiger partial charge in [0.05, 0.1) is 0 Å². The summed E-state index contributed by atoms with van der Waals surface area (Å²) in [6, 6.07) is 16.6. The number of esters is 1. The van der Waals surface area contributed by atoms with Crippen molar-refractivity contribution in [1.82, 2.24) is 5.32 Å². The minimum Gasteiger partial charge on any atom is -0.508 e. The normalized spacial score (nSPS) is 13.3. The fourth-order valence-electron chi connectivity index (χ4n) is 4.00. The van der Waals surface area contributed by atoms with Crippen LogP contribution in [-0.4, -0.2) is 40.4 Å². The molecule has 1 aliphatic rings. The standard InChI is InChI=1S/C29H27NO7/c1-29(2,3)37-28(35)30-24(15-17-8-11-19(31)12-9-17)27(34)36-16-18-10-13-22-23(14-18)26(33)21-7-5-4-6-20(21)25(22)32/h4-14,24,31H,15-16H2,1-3H3,(H,30,35)/t24-/m0/s1. The molecule has 0 bridgehead atoms. The molecule has 1 aliphatic carbocycles. The van der Waals surface area contributed by atoms with Crippen molar-refractivity contribution in [3.63, 3.8) is 0 Å². The second-order valence-electron chi connectivity index (χ2n) is 9.76. The van der Waals surface area contributed by atoms with Crippen LogP contribution in [0.3, 0.4) is 0 Å². The monoisotopic (exact) mass is 501 g/mol. The van der Waals surface area contributed by atoms with Crippen LogP contribution in [0, 0.1) is 0 Å². The van der Waals surface area contributed by atoms with Crippen LogP contribution in [0.5, 0.6) is 5.75 Å². The zero-order valence-corrected chi connectivity index (χ0v) is 20.7. The number of hydrogen-bond acceptors (Lipinski definition) is 7. The van der Waals surface area contributed by atoms with Gasteiger partial charge >= 0.3 is 12.1 Å². The van der Waals surface area contributed by atoms with E-state index in [1.54, 1.807) is 75.4 Å². The molecule has 8 nitrogen and oxygen atoms in total. The van der Waals surface area contributed by atoms with Crippen molar-refractivity contribution in [2.24, 2.45) is 0 Å². The molecule has 0 aromatic heterocycles. The van der Waals surface area contributed by atoms with Crippen molar-refractivity contribution in [1.29, 1.82) is 0 Å². The van der Waals surface area contributed by atoms with Crippen LogP contribution in [0.2, 0.25) is 0 Å². The van der Waals surface area contributed by atoms with Crippen molar-refractivity contribution in [2.75, 3.05) is 0 Å². The molecule has 3 aromatic rings. The van der Waals surface area contributed by atoms with Crippen molar-refractivity contribution in [3.05, 3.63) is 100 Å². The van der Waals surface area contributed by atoms with Gasteiger partial charge in [-0.25, -0.2) is 9.59 Å². The lowest BCUT2D eigenvalue weighted by atomic mass is 9.83. The van der Waals surface area contributed by atoms with Crippen LogP contribution in [0.4, 0.5) is 4.79 Å². The molecule has 1 atom stereocenters. The number of phenolic OH excluding ortho intramolecular Hbond substituents is 1. The summed E-state index contributed by atoms with van der Waals surface area (Å²) in [6.07, 6.45) is -0.670. The van der Waals surface area contributed by atoms with E-state index in [0.717, 1.165) is 0 Å². The van der Waals surface area contributed by atoms with E-state index in [1.807, 2.05) is 0 Å². The van der Waals surface area contributed by atoms with Gasteiger partial charge in [-0.2, -0.15) is 0 Å². The first-order chi connectivity index (χ1) is 17.5. The summed E-state index contributed by atoms with van der Waals surface area (Å²) in [5.74, 6) is -1.13. The predicted molar refractivity (Wildman–Crippen MR) is 135 cm³/mol. The summed E-state index contributed by atoms with van der Waals surface area (Å²) in [4.78, 5) is 51.2. The van der Waals surface area contributed by atoms with Crippen molar-refractivity contribution in [2.45, 2.75) is 45.4 Å². The first-order valence-electron chi connectivity index (χ1n) is 11.8. The molecular weight excluding hydrogens is 474 g/mol. The molecule has 0 saturated heterocycles. The second-order valence-corrected chi connectivity index (χ2v) is 9.76. The number of ketones is 2. The highest BCUT2D eigenvalue weighted by Gasteiger charge is 2.30. The minimum atomic E-state index is -1.06. The molecule has 37 heavy (non-hydrogen) atoms. The van der Waals surface area contributed by atoms with Crippen LogP contribution in [0.25, 0.3) is 0 Å². The lowest BCUT2D eigenvalue weighted by molar-refractivity contribution is -0.147. The zero-order valence-electron chi connectivity index (χ0n) is 20.7. The molecule has 0 unspecified atom stereocenters.